The molecule has 2 amide bonds. The maximum atomic E-state index is 13.8. The first-order chi connectivity index (χ1) is 17.5. The predicted molar refractivity (Wildman–Crippen MR) is 149 cm³/mol. The van der Waals surface area contributed by atoms with Crippen LogP contribution < -0.4 is 9.62 Å². The SMILES string of the molecule is CC(C)c1ccccc1N(CC(=O)N(Cc1ccc(Cl)cc1)[C@@H](C)C(=O)NC1CCCCC1)S(C)(=O)=O. The molecule has 0 aliphatic heterocycles. The van der Waals surface area contributed by atoms with Crippen molar-refractivity contribution in [1.29, 1.82) is 0 Å². The molecule has 0 saturated heterocycles. The van der Waals surface area contributed by atoms with Gasteiger partial charge in [0.1, 0.15) is 12.6 Å². The zero-order valence-electron chi connectivity index (χ0n) is 22.1. The van der Waals surface area contributed by atoms with Gasteiger partial charge in [-0.05, 0) is 55.0 Å². The zero-order chi connectivity index (χ0) is 27.2. The quantitative estimate of drug-likeness (QED) is 0.448. The molecule has 3 rings (SSSR count). The van der Waals surface area contributed by atoms with E-state index in [1.165, 1.54) is 11.3 Å². The summed E-state index contributed by atoms with van der Waals surface area (Å²) in [4.78, 5) is 28.5. The maximum absolute atomic E-state index is 13.8. The number of carbonyl (C=O) groups excluding carboxylic acids is 2. The van der Waals surface area contributed by atoms with Crippen LogP contribution in [0.25, 0.3) is 0 Å². The Kier molecular flexibility index (Phi) is 10.0. The molecule has 37 heavy (non-hydrogen) atoms. The van der Waals surface area contributed by atoms with Gasteiger partial charge in [-0.1, -0.05) is 75.0 Å². The fourth-order valence-electron chi connectivity index (χ4n) is 4.74. The van der Waals surface area contributed by atoms with Crippen molar-refractivity contribution in [3.05, 3.63) is 64.7 Å². The Morgan fingerprint density at radius 3 is 2.22 bits per heavy atom. The molecule has 0 bridgehead atoms. The first kappa shape index (κ1) is 29.0. The predicted octanol–water partition coefficient (Wildman–Crippen LogP) is 5.10. The Bertz CT molecular complexity index is 1180. The topological polar surface area (TPSA) is 86.8 Å². The van der Waals surface area contributed by atoms with Crippen molar-refractivity contribution in [1.82, 2.24) is 10.2 Å². The summed E-state index contributed by atoms with van der Waals surface area (Å²) in [5, 5.41) is 3.67. The molecular formula is C28H38ClN3O4S. The molecule has 1 saturated carbocycles. The second kappa shape index (κ2) is 12.8. The molecular weight excluding hydrogens is 510 g/mol. The minimum Gasteiger partial charge on any atom is -0.352 e. The molecule has 1 aliphatic carbocycles. The molecule has 9 heteroatoms. The number of amides is 2. The lowest BCUT2D eigenvalue weighted by atomic mass is 9.95. The summed E-state index contributed by atoms with van der Waals surface area (Å²) >= 11 is 6.04. The van der Waals surface area contributed by atoms with E-state index in [0.717, 1.165) is 47.4 Å². The summed E-state index contributed by atoms with van der Waals surface area (Å²) in [5.74, 6) is -0.631. The van der Waals surface area contributed by atoms with Gasteiger partial charge in [-0.15, -0.1) is 0 Å². The lowest BCUT2D eigenvalue weighted by molar-refractivity contribution is -0.139. The number of nitrogens with one attached hydrogen (secondary N) is 1. The van der Waals surface area contributed by atoms with Crippen LogP contribution in [0.2, 0.25) is 5.02 Å². The van der Waals surface area contributed by atoms with Gasteiger partial charge < -0.3 is 10.2 Å². The van der Waals surface area contributed by atoms with Crippen LogP contribution in [0, 0.1) is 0 Å². The number of sulfonamides is 1. The van der Waals surface area contributed by atoms with Crippen molar-refractivity contribution in [2.75, 3.05) is 17.1 Å². The van der Waals surface area contributed by atoms with E-state index in [0.29, 0.717) is 10.7 Å². The Labute approximate surface area is 226 Å². The molecule has 1 fully saturated rings. The zero-order valence-corrected chi connectivity index (χ0v) is 23.7. The summed E-state index contributed by atoms with van der Waals surface area (Å²) in [5.41, 5.74) is 2.09. The number of halogens is 1. The number of hydrogen-bond acceptors (Lipinski definition) is 4. The van der Waals surface area contributed by atoms with E-state index in [1.807, 2.05) is 26.0 Å². The van der Waals surface area contributed by atoms with Gasteiger partial charge in [0.15, 0.2) is 0 Å². The molecule has 1 atom stereocenters. The number of carbonyl (C=O) groups is 2. The molecule has 0 radical (unpaired) electrons. The van der Waals surface area contributed by atoms with Crippen molar-refractivity contribution < 1.29 is 18.0 Å². The molecule has 1 N–H and O–H groups in total. The van der Waals surface area contributed by atoms with Gasteiger partial charge in [0.2, 0.25) is 21.8 Å². The van der Waals surface area contributed by atoms with Crippen LogP contribution in [0.1, 0.15) is 69.9 Å². The number of nitrogens with zero attached hydrogens (tertiary/aromatic N) is 2. The number of para-hydroxylation sites is 1. The highest BCUT2D eigenvalue weighted by Gasteiger charge is 2.32. The van der Waals surface area contributed by atoms with Crippen LogP contribution in [-0.2, 0) is 26.2 Å². The number of anilines is 1. The van der Waals surface area contributed by atoms with Crippen molar-refractivity contribution in [3.8, 4) is 0 Å². The van der Waals surface area contributed by atoms with Gasteiger partial charge in [0.25, 0.3) is 0 Å². The summed E-state index contributed by atoms with van der Waals surface area (Å²) < 4.78 is 26.9. The van der Waals surface area contributed by atoms with E-state index in [4.69, 9.17) is 11.6 Å². The first-order valence-electron chi connectivity index (χ1n) is 12.9. The van der Waals surface area contributed by atoms with Crippen molar-refractivity contribution in [3.63, 3.8) is 0 Å². The Balaban J connectivity index is 1.91. The van der Waals surface area contributed by atoms with Gasteiger partial charge in [-0.25, -0.2) is 8.42 Å². The molecule has 202 valence electrons. The van der Waals surface area contributed by atoms with Gasteiger partial charge in [-0.3, -0.25) is 13.9 Å². The summed E-state index contributed by atoms with van der Waals surface area (Å²) in [6.45, 7) is 5.39. The van der Waals surface area contributed by atoms with Crippen LogP contribution in [0.3, 0.4) is 0 Å². The van der Waals surface area contributed by atoms with Crippen LogP contribution in [0.5, 0.6) is 0 Å². The van der Waals surface area contributed by atoms with E-state index in [9.17, 15) is 18.0 Å². The molecule has 2 aromatic rings. The van der Waals surface area contributed by atoms with Gasteiger partial charge in [-0.2, -0.15) is 0 Å². The summed E-state index contributed by atoms with van der Waals surface area (Å²) in [7, 11) is -3.78. The van der Waals surface area contributed by atoms with Crippen molar-refractivity contribution >= 4 is 39.1 Å². The number of hydrogen-bond donors (Lipinski definition) is 1. The van der Waals surface area contributed by atoms with E-state index in [1.54, 1.807) is 43.3 Å². The smallest absolute Gasteiger partial charge is 0.244 e. The Morgan fingerprint density at radius 2 is 1.62 bits per heavy atom. The number of rotatable bonds is 10. The largest absolute Gasteiger partial charge is 0.352 e. The molecule has 0 unspecified atom stereocenters. The Hall–Kier alpha value is -2.58. The highest BCUT2D eigenvalue weighted by atomic mass is 35.5. The number of benzene rings is 2. The summed E-state index contributed by atoms with van der Waals surface area (Å²) in [6.07, 6.45) is 6.27. The van der Waals surface area contributed by atoms with Gasteiger partial charge in [0.05, 0.1) is 11.9 Å². The molecule has 1 aliphatic rings. The lowest BCUT2D eigenvalue weighted by Crippen LogP contribution is -2.53. The maximum Gasteiger partial charge on any atom is 0.244 e. The summed E-state index contributed by atoms with van der Waals surface area (Å²) in [6, 6.07) is 13.6. The van der Waals surface area contributed by atoms with E-state index in [-0.39, 0.29) is 24.4 Å². The van der Waals surface area contributed by atoms with Crippen LogP contribution in [0.15, 0.2) is 48.5 Å². The monoisotopic (exact) mass is 547 g/mol. The van der Waals surface area contributed by atoms with Crippen molar-refractivity contribution in [2.45, 2.75) is 77.4 Å². The van der Waals surface area contributed by atoms with Gasteiger partial charge in [0, 0.05) is 17.6 Å². The Morgan fingerprint density at radius 1 is 1.00 bits per heavy atom. The third-order valence-electron chi connectivity index (χ3n) is 6.89. The minimum absolute atomic E-state index is 0.0564. The van der Waals surface area contributed by atoms with Crippen LogP contribution >= 0.6 is 11.6 Å². The fraction of sp³-hybridized carbons (Fsp3) is 0.500. The third kappa shape index (κ3) is 7.95. The lowest BCUT2D eigenvalue weighted by Gasteiger charge is -2.33. The molecule has 0 spiro atoms. The van der Waals surface area contributed by atoms with E-state index in [2.05, 4.69) is 5.32 Å². The van der Waals surface area contributed by atoms with Crippen molar-refractivity contribution in [2.24, 2.45) is 0 Å². The molecule has 0 aromatic heterocycles. The molecule has 0 heterocycles. The van der Waals surface area contributed by atoms with E-state index >= 15 is 0 Å². The first-order valence-corrected chi connectivity index (χ1v) is 15.1. The molecule has 2 aromatic carbocycles. The van der Waals surface area contributed by atoms with E-state index < -0.39 is 28.5 Å². The second-order valence-corrected chi connectivity index (χ2v) is 12.5. The normalized spacial score (nSPS) is 15.3. The second-order valence-electron chi connectivity index (χ2n) is 10.2. The van der Waals surface area contributed by atoms with Crippen LogP contribution in [-0.4, -0.2) is 50.0 Å². The average molecular weight is 548 g/mol. The average Bonchev–Trinajstić information content (AvgIpc) is 2.86. The minimum atomic E-state index is -3.78. The highest BCUT2D eigenvalue weighted by Crippen LogP contribution is 2.29. The standard InChI is InChI=1S/C28H38ClN3O4S/c1-20(2)25-12-8-9-13-26(25)32(37(4,35)36)19-27(33)31(18-22-14-16-23(29)17-15-22)21(3)28(34)30-24-10-6-5-7-11-24/h8-9,12-17,20-21,24H,5-7,10-11,18-19H2,1-4H3,(H,30,34)/t21-/m0/s1. The molecule has 7 nitrogen and oxygen atoms in total. The fourth-order valence-corrected chi connectivity index (χ4v) is 5.73. The third-order valence-corrected chi connectivity index (χ3v) is 8.27. The van der Waals surface area contributed by atoms with Gasteiger partial charge >= 0.3 is 0 Å². The van der Waals surface area contributed by atoms with Crippen LogP contribution in [0.4, 0.5) is 5.69 Å². The highest BCUT2D eigenvalue weighted by molar-refractivity contribution is 7.92.